The lowest BCUT2D eigenvalue weighted by Crippen LogP contribution is -2.34. The van der Waals surface area contributed by atoms with Gasteiger partial charge in [-0.1, -0.05) is 0 Å². The van der Waals surface area contributed by atoms with E-state index in [9.17, 15) is 18.8 Å². The highest BCUT2D eigenvalue weighted by Crippen LogP contribution is 2.57. The fraction of sp³-hybridized carbons (Fsp3) is 0.471. The van der Waals surface area contributed by atoms with Crippen molar-refractivity contribution in [2.45, 2.75) is 18.9 Å². The van der Waals surface area contributed by atoms with Gasteiger partial charge in [0.1, 0.15) is 11.9 Å². The SMILES string of the molecule is O=C(COC(=O)[C@@H]1[C@@H]2C[C@@H]3[C@H]1C(=O)O[C@H]3C2)c1ccc(F)cc1. The zero-order chi connectivity index (χ0) is 16.1. The molecule has 1 aromatic carbocycles. The Bertz CT molecular complexity index is 681. The summed E-state index contributed by atoms with van der Waals surface area (Å²) in [6.45, 7) is -0.399. The Morgan fingerprint density at radius 2 is 1.96 bits per heavy atom. The Kier molecular flexibility index (Phi) is 3.21. The molecule has 5 atom stereocenters. The van der Waals surface area contributed by atoms with E-state index in [0.29, 0.717) is 6.42 Å². The van der Waals surface area contributed by atoms with Crippen LogP contribution in [0, 0.1) is 29.5 Å². The van der Waals surface area contributed by atoms with Crippen LogP contribution in [0.15, 0.2) is 24.3 Å². The fourth-order valence-electron chi connectivity index (χ4n) is 4.28. The summed E-state index contributed by atoms with van der Waals surface area (Å²) in [5.74, 6) is -2.32. The minimum atomic E-state index is -0.504. The van der Waals surface area contributed by atoms with Gasteiger partial charge in [-0.15, -0.1) is 0 Å². The minimum Gasteiger partial charge on any atom is -0.462 e. The quantitative estimate of drug-likeness (QED) is 0.625. The molecule has 1 heterocycles. The van der Waals surface area contributed by atoms with Crippen molar-refractivity contribution in [3.8, 4) is 0 Å². The molecule has 3 aliphatic rings. The van der Waals surface area contributed by atoms with Crippen molar-refractivity contribution < 1.29 is 28.2 Å². The smallest absolute Gasteiger partial charge is 0.310 e. The first kappa shape index (κ1) is 14.4. The molecule has 5 nitrogen and oxygen atoms in total. The molecule has 2 bridgehead atoms. The Morgan fingerprint density at radius 3 is 2.70 bits per heavy atom. The fourth-order valence-corrected chi connectivity index (χ4v) is 4.28. The van der Waals surface area contributed by atoms with E-state index in [1.807, 2.05) is 0 Å². The molecule has 0 amide bonds. The number of carbonyl (C=O) groups excluding carboxylic acids is 3. The molecule has 0 aromatic heterocycles. The Morgan fingerprint density at radius 1 is 1.22 bits per heavy atom. The largest absolute Gasteiger partial charge is 0.462 e. The van der Waals surface area contributed by atoms with Gasteiger partial charge in [0.25, 0.3) is 0 Å². The minimum absolute atomic E-state index is 0.0394. The van der Waals surface area contributed by atoms with Gasteiger partial charge < -0.3 is 9.47 Å². The van der Waals surface area contributed by atoms with E-state index >= 15 is 0 Å². The highest BCUT2D eigenvalue weighted by atomic mass is 19.1. The number of ether oxygens (including phenoxy) is 2. The van der Waals surface area contributed by atoms with Crippen LogP contribution in [0.2, 0.25) is 0 Å². The molecule has 0 radical (unpaired) electrons. The molecule has 3 fully saturated rings. The van der Waals surface area contributed by atoms with Crippen molar-refractivity contribution in [2.24, 2.45) is 23.7 Å². The number of hydrogen-bond acceptors (Lipinski definition) is 5. The second-order valence-electron chi connectivity index (χ2n) is 6.46. The summed E-state index contributed by atoms with van der Waals surface area (Å²) in [7, 11) is 0. The van der Waals surface area contributed by atoms with Gasteiger partial charge in [0.05, 0.1) is 11.8 Å². The van der Waals surface area contributed by atoms with Gasteiger partial charge >= 0.3 is 11.9 Å². The van der Waals surface area contributed by atoms with E-state index in [0.717, 1.165) is 6.42 Å². The van der Waals surface area contributed by atoms with Crippen molar-refractivity contribution in [3.05, 3.63) is 35.6 Å². The van der Waals surface area contributed by atoms with E-state index in [4.69, 9.17) is 9.47 Å². The number of esters is 2. The van der Waals surface area contributed by atoms with Crippen LogP contribution < -0.4 is 0 Å². The van der Waals surface area contributed by atoms with E-state index < -0.39 is 36.0 Å². The molecule has 2 saturated carbocycles. The average molecular weight is 318 g/mol. The van der Waals surface area contributed by atoms with Crippen molar-refractivity contribution in [1.29, 1.82) is 0 Å². The first-order valence-electron chi connectivity index (χ1n) is 7.70. The molecular formula is C17H15FO5. The predicted octanol–water partition coefficient (Wildman–Crippen LogP) is 1.75. The number of halogens is 1. The number of fused-ring (bicyclic) bond motifs is 1. The lowest BCUT2D eigenvalue weighted by atomic mass is 9.80. The third kappa shape index (κ3) is 2.24. The Labute approximate surface area is 131 Å². The summed E-state index contributed by atoms with van der Waals surface area (Å²) in [5.41, 5.74) is 0.285. The first-order valence-corrected chi connectivity index (χ1v) is 7.70. The molecule has 23 heavy (non-hydrogen) atoms. The number of benzene rings is 1. The molecule has 1 aliphatic heterocycles. The van der Waals surface area contributed by atoms with E-state index in [2.05, 4.69) is 0 Å². The van der Waals surface area contributed by atoms with Gasteiger partial charge in [-0.2, -0.15) is 0 Å². The Balaban J connectivity index is 1.40. The number of ketones is 1. The summed E-state index contributed by atoms with van der Waals surface area (Å²) >= 11 is 0. The van der Waals surface area contributed by atoms with Crippen LogP contribution in [0.3, 0.4) is 0 Å². The van der Waals surface area contributed by atoms with Crippen molar-refractivity contribution in [2.75, 3.05) is 6.61 Å². The number of carbonyl (C=O) groups is 3. The molecule has 1 saturated heterocycles. The van der Waals surface area contributed by atoms with Gasteiger partial charge in [0, 0.05) is 11.5 Å². The summed E-state index contributed by atoms with van der Waals surface area (Å²) in [6.07, 6.45) is 1.48. The maximum Gasteiger partial charge on any atom is 0.310 e. The maximum atomic E-state index is 12.8. The number of rotatable bonds is 4. The van der Waals surface area contributed by atoms with E-state index in [1.54, 1.807) is 0 Å². The van der Waals surface area contributed by atoms with Crippen LogP contribution in [0.1, 0.15) is 23.2 Å². The predicted molar refractivity (Wildman–Crippen MR) is 74.8 cm³/mol. The zero-order valence-corrected chi connectivity index (χ0v) is 12.2. The van der Waals surface area contributed by atoms with Gasteiger partial charge in [0.15, 0.2) is 12.4 Å². The van der Waals surface area contributed by atoms with Crippen molar-refractivity contribution >= 4 is 17.7 Å². The van der Waals surface area contributed by atoms with Gasteiger partial charge in [-0.05, 0) is 43.0 Å². The second-order valence-corrected chi connectivity index (χ2v) is 6.46. The summed E-state index contributed by atoms with van der Waals surface area (Å²) in [5, 5.41) is 0. The monoisotopic (exact) mass is 318 g/mol. The Hall–Kier alpha value is -2.24. The van der Waals surface area contributed by atoms with Crippen LogP contribution >= 0.6 is 0 Å². The van der Waals surface area contributed by atoms with E-state index in [-0.39, 0.29) is 29.5 Å². The standard InChI is InChI=1S/C17H15FO5/c18-10-3-1-8(2-4-10)12(19)7-22-16(20)14-9-5-11-13(6-9)23-17(21)15(11)14/h1-4,9,11,13-15H,5-7H2/t9-,11+,13+,14-,15-/m1/s1. The lowest BCUT2D eigenvalue weighted by Gasteiger charge is -2.22. The zero-order valence-electron chi connectivity index (χ0n) is 12.2. The summed E-state index contributed by atoms with van der Waals surface area (Å²) in [4.78, 5) is 36.2. The molecule has 0 spiro atoms. The molecule has 0 unspecified atom stereocenters. The topological polar surface area (TPSA) is 69.7 Å². The van der Waals surface area contributed by atoms with Gasteiger partial charge in [-0.25, -0.2) is 4.39 Å². The molecule has 0 N–H and O–H groups in total. The highest BCUT2D eigenvalue weighted by Gasteiger charge is 2.64. The summed E-state index contributed by atoms with van der Waals surface area (Å²) in [6, 6.07) is 5.06. The normalized spacial score (nSPS) is 33.6. The van der Waals surface area contributed by atoms with Gasteiger partial charge in [-0.3, -0.25) is 14.4 Å². The van der Waals surface area contributed by atoms with E-state index in [1.165, 1.54) is 24.3 Å². The number of hydrogen-bond donors (Lipinski definition) is 0. The maximum absolute atomic E-state index is 12.8. The van der Waals surface area contributed by atoms with Gasteiger partial charge in [0.2, 0.25) is 0 Å². The average Bonchev–Trinajstić information content (AvgIpc) is 3.14. The van der Waals surface area contributed by atoms with Crippen molar-refractivity contribution in [3.63, 3.8) is 0 Å². The van der Waals surface area contributed by atoms with Crippen LogP contribution in [0.5, 0.6) is 0 Å². The lowest BCUT2D eigenvalue weighted by molar-refractivity contribution is -0.154. The molecule has 120 valence electrons. The number of Topliss-reactive ketones (excluding diaryl/α,β-unsaturated/α-hetero) is 1. The molecular weight excluding hydrogens is 303 g/mol. The van der Waals surface area contributed by atoms with Crippen LogP contribution in [0.4, 0.5) is 4.39 Å². The first-order chi connectivity index (χ1) is 11.0. The molecule has 2 aliphatic carbocycles. The van der Waals surface area contributed by atoms with Crippen LogP contribution in [-0.2, 0) is 19.1 Å². The van der Waals surface area contributed by atoms with Crippen molar-refractivity contribution in [1.82, 2.24) is 0 Å². The second kappa shape index (κ2) is 5.15. The third-order valence-corrected chi connectivity index (χ3v) is 5.27. The van der Waals surface area contributed by atoms with Crippen LogP contribution in [-0.4, -0.2) is 30.4 Å². The third-order valence-electron chi connectivity index (χ3n) is 5.27. The molecule has 4 rings (SSSR count). The molecule has 6 heteroatoms. The van der Waals surface area contributed by atoms with Crippen LogP contribution in [0.25, 0.3) is 0 Å². The molecule has 1 aromatic rings. The summed E-state index contributed by atoms with van der Waals surface area (Å²) < 4.78 is 23.2. The highest BCUT2D eigenvalue weighted by molar-refractivity contribution is 5.98.